The Morgan fingerprint density at radius 3 is 1.82 bits per heavy atom. The largest absolute Gasteiger partial charge is 0.480 e. The van der Waals surface area contributed by atoms with Crippen LogP contribution in [0.3, 0.4) is 0 Å². The molecule has 2 aromatic rings. The first-order chi connectivity index (χ1) is 19.0. The summed E-state index contributed by atoms with van der Waals surface area (Å²) in [7, 11) is 0. The van der Waals surface area contributed by atoms with E-state index in [9.17, 15) is 24.3 Å². The van der Waals surface area contributed by atoms with E-state index >= 15 is 0 Å². The van der Waals surface area contributed by atoms with Crippen molar-refractivity contribution in [2.75, 3.05) is 0 Å². The summed E-state index contributed by atoms with van der Waals surface area (Å²) in [5.74, 6) is -1.95. The molecule has 10 heteroatoms. The van der Waals surface area contributed by atoms with E-state index in [-0.39, 0.29) is 25.3 Å². The highest BCUT2D eigenvalue weighted by molar-refractivity contribution is 5.93. The zero-order valence-electron chi connectivity index (χ0n) is 23.0. The van der Waals surface area contributed by atoms with Crippen molar-refractivity contribution in [3.63, 3.8) is 0 Å². The maximum Gasteiger partial charge on any atom is 0.420 e. The molecule has 0 radical (unpaired) electrons. The molecule has 10 nitrogen and oxygen atoms in total. The number of carboxylic acid groups (broad SMARTS) is 1. The zero-order valence-corrected chi connectivity index (χ0v) is 23.0. The number of fused-ring (bicyclic) bond motifs is 2. The predicted molar refractivity (Wildman–Crippen MR) is 144 cm³/mol. The number of amides is 3. The molecule has 2 bridgehead atoms. The molecule has 0 aliphatic carbocycles. The Morgan fingerprint density at radius 2 is 1.35 bits per heavy atom. The second-order valence-corrected chi connectivity index (χ2v) is 11.2. The summed E-state index contributed by atoms with van der Waals surface area (Å²) in [5.41, 5.74) is 0.585. The van der Waals surface area contributed by atoms with E-state index < -0.39 is 41.8 Å². The van der Waals surface area contributed by atoms with Crippen molar-refractivity contribution >= 4 is 24.2 Å². The van der Waals surface area contributed by atoms with Crippen molar-refractivity contribution in [1.82, 2.24) is 9.80 Å². The molecule has 2 fully saturated rings. The molecule has 0 spiro atoms. The molecule has 0 saturated carbocycles. The van der Waals surface area contributed by atoms with Gasteiger partial charge in [0.2, 0.25) is 0 Å². The molecule has 2 aromatic carbocycles. The summed E-state index contributed by atoms with van der Waals surface area (Å²) in [6.07, 6.45) is -0.693. The van der Waals surface area contributed by atoms with Crippen LogP contribution in [0.5, 0.6) is 0 Å². The molecule has 2 heterocycles. The van der Waals surface area contributed by atoms with Gasteiger partial charge in [-0.1, -0.05) is 60.7 Å². The fraction of sp³-hybridized carbons (Fsp3) is 0.467. The van der Waals surface area contributed by atoms with Gasteiger partial charge in [0.05, 0.1) is 0 Å². The van der Waals surface area contributed by atoms with Crippen LogP contribution in [0.25, 0.3) is 0 Å². The van der Waals surface area contributed by atoms with Gasteiger partial charge in [0, 0.05) is 12.1 Å². The number of carbonyl (C=O) groups excluding carboxylic acids is 3. The summed E-state index contributed by atoms with van der Waals surface area (Å²) in [6.45, 7) is 4.90. The van der Waals surface area contributed by atoms with Gasteiger partial charge in [-0.15, -0.1) is 0 Å². The zero-order chi connectivity index (χ0) is 28.9. The van der Waals surface area contributed by atoms with Crippen LogP contribution in [0.4, 0.5) is 14.4 Å². The highest BCUT2D eigenvalue weighted by Crippen LogP contribution is 2.42. The van der Waals surface area contributed by atoms with Crippen LogP contribution in [-0.4, -0.2) is 62.9 Å². The Bertz CT molecular complexity index is 1180. The second-order valence-electron chi connectivity index (χ2n) is 11.2. The first-order valence-corrected chi connectivity index (χ1v) is 13.5. The van der Waals surface area contributed by atoms with Crippen LogP contribution in [0.2, 0.25) is 0 Å². The first-order valence-electron chi connectivity index (χ1n) is 13.5. The van der Waals surface area contributed by atoms with Crippen molar-refractivity contribution < 1.29 is 38.5 Å². The van der Waals surface area contributed by atoms with Gasteiger partial charge in [0.25, 0.3) is 0 Å². The average Bonchev–Trinajstić information content (AvgIpc) is 3.18. The fourth-order valence-corrected chi connectivity index (χ4v) is 5.49. The Labute approximate surface area is 233 Å². The number of rotatable bonds is 7. The van der Waals surface area contributed by atoms with Gasteiger partial charge in [-0.2, -0.15) is 4.90 Å². The van der Waals surface area contributed by atoms with E-state index in [1.165, 1.54) is 0 Å². The minimum Gasteiger partial charge on any atom is -0.480 e. The third-order valence-electron chi connectivity index (χ3n) is 7.16. The van der Waals surface area contributed by atoms with E-state index in [0.717, 1.165) is 5.56 Å². The summed E-state index contributed by atoms with van der Waals surface area (Å²) in [4.78, 5) is 54.4. The Morgan fingerprint density at radius 1 is 0.850 bits per heavy atom. The molecule has 2 aliphatic heterocycles. The minimum absolute atomic E-state index is 0.135. The monoisotopic (exact) mass is 552 g/mol. The Hall–Kier alpha value is -4.08. The molecular formula is C30H36N2O8. The first kappa shape index (κ1) is 28.9. The highest BCUT2D eigenvalue weighted by Gasteiger charge is 2.51. The summed E-state index contributed by atoms with van der Waals surface area (Å²) >= 11 is 0. The molecule has 40 heavy (non-hydrogen) atoms. The van der Waals surface area contributed by atoms with Gasteiger partial charge in [-0.05, 0) is 63.5 Å². The number of piperidine rings is 1. The summed E-state index contributed by atoms with van der Waals surface area (Å²) < 4.78 is 16.4. The Kier molecular flexibility index (Phi) is 8.96. The standard InChI is InChI=1S/C30H36N2O8/c1-30(2,3)40-29(37)32(28(36)39-19-21-12-8-5-9-13-21)25(26(33)34)22-16-23-14-15-24(17-22)31(23)27(35)38-18-20-10-6-4-7-11-20/h4-13,22-25H,14-19H2,1-3H3,(H,33,34)/t22?,23?,24?,25-/m0/s1. The molecule has 2 aliphatic rings. The maximum absolute atomic E-state index is 13.3. The molecule has 2 saturated heterocycles. The lowest BCUT2D eigenvalue weighted by atomic mass is 9.84. The third kappa shape index (κ3) is 7.11. The number of ether oxygens (including phenoxy) is 3. The molecule has 3 amide bonds. The summed E-state index contributed by atoms with van der Waals surface area (Å²) in [6, 6.07) is 16.2. The van der Waals surface area contributed by atoms with E-state index in [1.807, 2.05) is 36.4 Å². The van der Waals surface area contributed by atoms with Gasteiger partial charge >= 0.3 is 24.2 Å². The van der Waals surface area contributed by atoms with Crippen molar-refractivity contribution in [3.8, 4) is 0 Å². The van der Waals surface area contributed by atoms with Gasteiger partial charge in [-0.3, -0.25) is 0 Å². The number of aliphatic carboxylic acids is 1. The molecular weight excluding hydrogens is 516 g/mol. The number of benzene rings is 2. The number of hydrogen-bond donors (Lipinski definition) is 1. The molecule has 3 atom stereocenters. The molecule has 4 rings (SSSR count). The van der Waals surface area contributed by atoms with Crippen molar-refractivity contribution in [3.05, 3.63) is 71.8 Å². The van der Waals surface area contributed by atoms with Gasteiger partial charge in [0.1, 0.15) is 24.9 Å². The normalized spacial score (nSPS) is 20.8. The lowest BCUT2D eigenvalue weighted by Crippen LogP contribution is -2.57. The molecule has 1 N–H and O–H groups in total. The van der Waals surface area contributed by atoms with E-state index in [1.54, 1.807) is 49.9 Å². The smallest absolute Gasteiger partial charge is 0.420 e. The fourth-order valence-electron chi connectivity index (χ4n) is 5.49. The van der Waals surface area contributed by atoms with E-state index in [4.69, 9.17) is 14.2 Å². The maximum atomic E-state index is 13.3. The molecule has 2 unspecified atom stereocenters. The van der Waals surface area contributed by atoms with Crippen LogP contribution in [-0.2, 0) is 32.2 Å². The van der Waals surface area contributed by atoms with Crippen LogP contribution in [0.1, 0.15) is 57.6 Å². The van der Waals surface area contributed by atoms with E-state index in [2.05, 4.69) is 0 Å². The van der Waals surface area contributed by atoms with Gasteiger partial charge < -0.3 is 24.2 Å². The molecule has 0 aromatic heterocycles. The number of imide groups is 1. The van der Waals surface area contributed by atoms with Crippen LogP contribution >= 0.6 is 0 Å². The van der Waals surface area contributed by atoms with Gasteiger partial charge in [-0.25, -0.2) is 19.2 Å². The van der Waals surface area contributed by atoms with Crippen molar-refractivity contribution in [2.24, 2.45) is 5.92 Å². The Balaban J connectivity index is 1.50. The van der Waals surface area contributed by atoms with Crippen molar-refractivity contribution in [1.29, 1.82) is 0 Å². The van der Waals surface area contributed by atoms with E-state index in [0.29, 0.717) is 36.1 Å². The second kappa shape index (κ2) is 12.4. The highest BCUT2D eigenvalue weighted by atomic mass is 16.6. The third-order valence-corrected chi connectivity index (χ3v) is 7.16. The number of carbonyl (C=O) groups is 4. The minimum atomic E-state index is -1.52. The summed E-state index contributed by atoms with van der Waals surface area (Å²) in [5, 5.41) is 10.3. The number of carboxylic acids is 1. The van der Waals surface area contributed by atoms with Crippen LogP contribution in [0, 0.1) is 5.92 Å². The quantitative estimate of drug-likeness (QED) is 0.441. The SMILES string of the molecule is CC(C)(C)OC(=O)N(C(=O)OCc1ccccc1)[C@H](C(=O)O)C1CC2CCC(C1)N2C(=O)OCc1ccccc1. The molecule has 214 valence electrons. The number of hydrogen-bond acceptors (Lipinski definition) is 7. The van der Waals surface area contributed by atoms with Crippen molar-refractivity contribution in [2.45, 2.75) is 83.4 Å². The average molecular weight is 553 g/mol. The predicted octanol–water partition coefficient (Wildman–Crippen LogP) is 5.59. The number of nitrogens with zero attached hydrogens (tertiary/aromatic N) is 2. The lowest BCUT2D eigenvalue weighted by Gasteiger charge is -2.42. The van der Waals surface area contributed by atoms with Crippen LogP contribution < -0.4 is 0 Å². The van der Waals surface area contributed by atoms with Crippen LogP contribution in [0.15, 0.2) is 60.7 Å². The lowest BCUT2D eigenvalue weighted by molar-refractivity contribution is -0.145. The topological polar surface area (TPSA) is 123 Å². The van der Waals surface area contributed by atoms with Gasteiger partial charge in [0.15, 0.2) is 0 Å².